The monoisotopic (exact) mass is 565 g/mol. The molecule has 0 bridgehead atoms. The van der Waals surface area contributed by atoms with E-state index in [1.165, 1.54) is 0 Å². The summed E-state index contributed by atoms with van der Waals surface area (Å²) in [6.45, 7) is 2.73. The Labute approximate surface area is 249 Å². The van der Waals surface area contributed by atoms with Gasteiger partial charge in [-0.05, 0) is 85.8 Å². The van der Waals surface area contributed by atoms with Crippen molar-refractivity contribution in [3.8, 4) is 17.2 Å². The second-order valence-corrected chi connectivity index (χ2v) is 9.65. The first-order valence-electron chi connectivity index (χ1n) is 14.4. The number of esters is 1. The van der Waals surface area contributed by atoms with Crippen LogP contribution < -0.4 is 19.1 Å². The summed E-state index contributed by atoms with van der Waals surface area (Å²) in [6, 6.07) is 33.1. The molecule has 0 atom stereocenters. The van der Waals surface area contributed by atoms with Gasteiger partial charge in [0.05, 0.1) is 27.4 Å². The van der Waals surface area contributed by atoms with Crippen molar-refractivity contribution < 1.29 is 23.7 Å². The zero-order chi connectivity index (χ0) is 29.6. The molecule has 6 nitrogen and oxygen atoms in total. The van der Waals surface area contributed by atoms with E-state index in [1.807, 2.05) is 37.3 Å². The Hall–Kier alpha value is -4.71. The molecular formula is C36H39NO5. The summed E-state index contributed by atoms with van der Waals surface area (Å²) in [5.74, 6) is 1.64. The predicted molar refractivity (Wildman–Crippen MR) is 170 cm³/mol. The number of carbonyl (C=O) groups is 1. The molecule has 0 saturated carbocycles. The summed E-state index contributed by atoms with van der Waals surface area (Å²) >= 11 is 0. The highest BCUT2D eigenvalue weighted by molar-refractivity contribution is 5.78. The maximum absolute atomic E-state index is 11.5. The Morgan fingerprint density at radius 3 is 1.79 bits per heavy atom. The molecule has 0 amide bonds. The van der Waals surface area contributed by atoms with Gasteiger partial charge in [-0.1, -0.05) is 60.7 Å². The van der Waals surface area contributed by atoms with E-state index in [-0.39, 0.29) is 5.97 Å². The van der Waals surface area contributed by atoms with Crippen LogP contribution in [0.5, 0.6) is 17.2 Å². The fourth-order valence-electron chi connectivity index (χ4n) is 4.62. The maximum Gasteiger partial charge on any atom is 0.305 e. The van der Waals surface area contributed by atoms with Crippen LogP contribution in [-0.4, -0.2) is 33.4 Å². The first kappa shape index (κ1) is 30.3. The molecule has 0 radical (unpaired) electrons. The molecule has 0 heterocycles. The van der Waals surface area contributed by atoms with Crippen LogP contribution in [0.4, 0.5) is 17.1 Å². The van der Waals surface area contributed by atoms with E-state index < -0.39 is 0 Å². The number of hydrogen-bond acceptors (Lipinski definition) is 6. The van der Waals surface area contributed by atoms with Gasteiger partial charge in [0, 0.05) is 23.5 Å². The molecule has 0 fully saturated rings. The number of rotatable bonds is 15. The summed E-state index contributed by atoms with van der Waals surface area (Å²) in [4.78, 5) is 13.7. The smallest absolute Gasteiger partial charge is 0.305 e. The number of methoxy groups -OCH3 is 2. The first-order chi connectivity index (χ1) is 20.6. The number of nitrogens with zero attached hydrogens (tertiary/aromatic N) is 1. The van der Waals surface area contributed by atoms with Gasteiger partial charge in [0.25, 0.3) is 0 Å². The normalized spacial score (nSPS) is 10.8. The Morgan fingerprint density at radius 1 is 0.690 bits per heavy atom. The molecule has 0 aliphatic rings. The van der Waals surface area contributed by atoms with Crippen LogP contribution >= 0.6 is 0 Å². The summed E-state index contributed by atoms with van der Waals surface area (Å²) in [5.41, 5.74) is 5.29. The Bertz CT molecular complexity index is 1350. The maximum atomic E-state index is 11.5. The van der Waals surface area contributed by atoms with Crippen LogP contribution in [0.3, 0.4) is 0 Å². The average molecular weight is 566 g/mol. The van der Waals surface area contributed by atoms with Crippen LogP contribution in [0.2, 0.25) is 0 Å². The van der Waals surface area contributed by atoms with Crippen molar-refractivity contribution in [2.75, 3.05) is 32.3 Å². The topological polar surface area (TPSA) is 57.2 Å². The largest absolute Gasteiger partial charge is 0.493 e. The molecule has 0 aliphatic carbocycles. The van der Waals surface area contributed by atoms with E-state index >= 15 is 0 Å². The van der Waals surface area contributed by atoms with Crippen molar-refractivity contribution in [1.29, 1.82) is 0 Å². The first-order valence-corrected chi connectivity index (χ1v) is 14.4. The van der Waals surface area contributed by atoms with Gasteiger partial charge in [-0.15, -0.1) is 0 Å². The lowest BCUT2D eigenvalue weighted by Crippen LogP contribution is -2.09. The molecule has 0 unspecified atom stereocenters. The van der Waals surface area contributed by atoms with Crippen molar-refractivity contribution >= 4 is 35.2 Å². The number of para-hydroxylation sites is 2. The second kappa shape index (κ2) is 15.9. The van der Waals surface area contributed by atoms with Gasteiger partial charge in [0.2, 0.25) is 5.75 Å². The van der Waals surface area contributed by atoms with Crippen LogP contribution in [-0.2, 0) is 9.53 Å². The molecule has 0 aromatic heterocycles. The number of ether oxygens (including phenoxy) is 4. The summed E-state index contributed by atoms with van der Waals surface area (Å²) in [5, 5.41) is 0. The van der Waals surface area contributed by atoms with Gasteiger partial charge >= 0.3 is 5.97 Å². The Morgan fingerprint density at radius 2 is 1.24 bits per heavy atom. The van der Waals surface area contributed by atoms with Crippen LogP contribution in [0.1, 0.15) is 43.7 Å². The quantitative estimate of drug-likeness (QED) is 0.0815. The SMILES string of the molecule is CCOC(=O)CCCCCOc1c(OC)cc(C=Cc2ccc(N(c3ccccc3)c3ccccc3)cc2)cc1OC. The fourth-order valence-corrected chi connectivity index (χ4v) is 4.62. The minimum absolute atomic E-state index is 0.150. The van der Waals surface area contributed by atoms with E-state index in [0.717, 1.165) is 47.5 Å². The lowest BCUT2D eigenvalue weighted by Gasteiger charge is -2.25. The molecule has 4 rings (SSSR count). The third-order valence-electron chi connectivity index (χ3n) is 6.71. The fraction of sp³-hybridized carbons (Fsp3) is 0.250. The Balaban J connectivity index is 1.43. The zero-order valence-electron chi connectivity index (χ0n) is 24.6. The minimum Gasteiger partial charge on any atom is -0.493 e. The van der Waals surface area contributed by atoms with E-state index in [9.17, 15) is 4.79 Å². The number of carbonyl (C=O) groups excluding carboxylic acids is 1. The lowest BCUT2D eigenvalue weighted by atomic mass is 10.1. The van der Waals surface area contributed by atoms with Gasteiger partial charge in [0.1, 0.15) is 0 Å². The van der Waals surface area contributed by atoms with Crippen LogP contribution in [0.25, 0.3) is 12.2 Å². The van der Waals surface area contributed by atoms with Crippen LogP contribution in [0, 0.1) is 0 Å². The molecule has 0 spiro atoms. The van der Waals surface area contributed by atoms with Crippen molar-refractivity contribution in [2.24, 2.45) is 0 Å². The molecular weight excluding hydrogens is 526 g/mol. The van der Waals surface area contributed by atoms with Crippen molar-refractivity contribution in [1.82, 2.24) is 0 Å². The summed E-state index contributed by atoms with van der Waals surface area (Å²) < 4.78 is 22.3. The number of hydrogen-bond donors (Lipinski definition) is 0. The van der Waals surface area contributed by atoms with E-state index in [2.05, 4.69) is 83.8 Å². The molecule has 4 aromatic rings. The van der Waals surface area contributed by atoms with Crippen LogP contribution in [0.15, 0.2) is 97.1 Å². The number of benzene rings is 4. The van der Waals surface area contributed by atoms with Gasteiger partial charge in [-0.2, -0.15) is 0 Å². The van der Waals surface area contributed by atoms with Gasteiger partial charge in [0.15, 0.2) is 11.5 Å². The van der Waals surface area contributed by atoms with Gasteiger partial charge in [-0.3, -0.25) is 4.79 Å². The molecule has 6 heteroatoms. The van der Waals surface area contributed by atoms with Gasteiger partial charge in [-0.25, -0.2) is 0 Å². The van der Waals surface area contributed by atoms with E-state index in [1.54, 1.807) is 14.2 Å². The molecule has 0 N–H and O–H groups in total. The Kier molecular flexibility index (Phi) is 11.5. The second-order valence-electron chi connectivity index (χ2n) is 9.65. The number of anilines is 3. The van der Waals surface area contributed by atoms with E-state index in [4.69, 9.17) is 18.9 Å². The minimum atomic E-state index is -0.150. The van der Waals surface area contributed by atoms with Gasteiger partial charge < -0.3 is 23.8 Å². The molecule has 4 aromatic carbocycles. The third-order valence-corrected chi connectivity index (χ3v) is 6.71. The molecule has 0 aliphatic heterocycles. The highest BCUT2D eigenvalue weighted by Gasteiger charge is 2.14. The molecule has 42 heavy (non-hydrogen) atoms. The lowest BCUT2D eigenvalue weighted by molar-refractivity contribution is -0.143. The van der Waals surface area contributed by atoms with Crippen molar-refractivity contribution in [2.45, 2.75) is 32.6 Å². The highest BCUT2D eigenvalue weighted by Crippen LogP contribution is 2.39. The summed E-state index contributed by atoms with van der Waals surface area (Å²) in [7, 11) is 3.25. The predicted octanol–water partition coefficient (Wildman–Crippen LogP) is 8.85. The van der Waals surface area contributed by atoms with Crippen molar-refractivity contribution in [3.63, 3.8) is 0 Å². The summed E-state index contributed by atoms with van der Waals surface area (Å²) in [6.07, 6.45) is 7.00. The van der Waals surface area contributed by atoms with Crippen molar-refractivity contribution in [3.05, 3.63) is 108 Å². The average Bonchev–Trinajstić information content (AvgIpc) is 3.03. The molecule has 218 valence electrons. The van der Waals surface area contributed by atoms with E-state index in [0.29, 0.717) is 36.9 Å². The standard InChI is InChI=1S/C36H39NO5/c1-4-41-35(38)18-12-7-13-25-42-36-33(39-2)26-29(27-34(36)40-3)20-19-28-21-23-32(24-22-28)37(30-14-8-5-9-15-30)31-16-10-6-11-17-31/h5-6,8-11,14-17,19-24,26-27H,4,7,12-13,18,25H2,1-3H3. The number of unbranched alkanes of at least 4 members (excludes halogenated alkanes) is 2. The molecule has 0 saturated heterocycles. The third kappa shape index (κ3) is 8.40. The zero-order valence-corrected chi connectivity index (χ0v) is 24.6. The highest BCUT2D eigenvalue weighted by atomic mass is 16.5.